The third-order valence-corrected chi connectivity index (χ3v) is 4.38. The molecule has 22 heavy (non-hydrogen) atoms. The van der Waals surface area contributed by atoms with Crippen molar-refractivity contribution in [1.82, 2.24) is 20.0 Å². The zero-order chi connectivity index (χ0) is 15.1. The number of nitrogens with zero attached hydrogens (tertiary/aromatic N) is 3. The molecular formula is C16H12N4OS. The number of aromatic nitrogens is 4. The van der Waals surface area contributed by atoms with Crippen LogP contribution in [0.3, 0.4) is 0 Å². The van der Waals surface area contributed by atoms with Crippen molar-refractivity contribution < 1.29 is 0 Å². The lowest BCUT2D eigenvalue weighted by molar-refractivity contribution is 0.890. The van der Waals surface area contributed by atoms with E-state index >= 15 is 0 Å². The number of aryl methyl sites for hydroxylation is 1. The summed E-state index contributed by atoms with van der Waals surface area (Å²) in [7, 11) is 0. The van der Waals surface area contributed by atoms with Crippen LogP contribution in [-0.2, 0) is 0 Å². The van der Waals surface area contributed by atoms with Gasteiger partial charge in [0.1, 0.15) is 5.69 Å². The van der Waals surface area contributed by atoms with Crippen LogP contribution in [0.1, 0.15) is 5.56 Å². The predicted molar refractivity (Wildman–Crippen MR) is 87.5 cm³/mol. The highest BCUT2D eigenvalue weighted by Gasteiger charge is 2.14. The molecule has 0 fully saturated rings. The van der Waals surface area contributed by atoms with Crippen molar-refractivity contribution in [2.45, 2.75) is 6.92 Å². The minimum Gasteiger partial charge on any atom is -0.265 e. The summed E-state index contributed by atoms with van der Waals surface area (Å²) in [5.41, 5.74) is 2.97. The van der Waals surface area contributed by atoms with Crippen LogP contribution < -0.4 is 5.56 Å². The van der Waals surface area contributed by atoms with Crippen LogP contribution in [0.25, 0.3) is 27.2 Å². The first kappa shape index (κ1) is 13.0. The van der Waals surface area contributed by atoms with Crippen LogP contribution in [0.5, 0.6) is 0 Å². The average molecular weight is 308 g/mol. The molecule has 0 unspecified atom stereocenters. The van der Waals surface area contributed by atoms with Gasteiger partial charge in [-0.1, -0.05) is 23.8 Å². The molecule has 1 aromatic carbocycles. The molecule has 4 rings (SSSR count). The maximum Gasteiger partial charge on any atom is 0.292 e. The van der Waals surface area contributed by atoms with E-state index in [4.69, 9.17) is 0 Å². The van der Waals surface area contributed by atoms with Crippen molar-refractivity contribution in [2.24, 2.45) is 0 Å². The molecule has 6 heteroatoms. The van der Waals surface area contributed by atoms with E-state index in [1.54, 1.807) is 16.0 Å². The first-order valence-electron chi connectivity index (χ1n) is 6.81. The summed E-state index contributed by atoms with van der Waals surface area (Å²) in [6.07, 6.45) is 1.86. The van der Waals surface area contributed by atoms with Gasteiger partial charge in [0.05, 0.1) is 16.0 Å². The summed E-state index contributed by atoms with van der Waals surface area (Å²) in [4.78, 5) is 13.0. The molecule has 3 heterocycles. The molecule has 0 saturated heterocycles. The van der Waals surface area contributed by atoms with E-state index in [9.17, 15) is 4.79 Å². The third kappa shape index (κ3) is 2.05. The number of rotatable bonds is 2. The Kier molecular flexibility index (Phi) is 2.90. The number of fused-ring (bicyclic) bond motifs is 1. The molecule has 3 aromatic heterocycles. The lowest BCUT2D eigenvalue weighted by Crippen LogP contribution is -2.09. The first-order valence-corrected chi connectivity index (χ1v) is 7.69. The third-order valence-electron chi connectivity index (χ3n) is 3.51. The Morgan fingerprint density at radius 3 is 2.73 bits per heavy atom. The van der Waals surface area contributed by atoms with Crippen molar-refractivity contribution >= 4 is 22.2 Å². The van der Waals surface area contributed by atoms with Crippen molar-refractivity contribution in [3.8, 4) is 16.3 Å². The summed E-state index contributed by atoms with van der Waals surface area (Å²) in [5, 5.41) is 13.9. The average Bonchev–Trinajstić information content (AvgIpc) is 3.18. The molecule has 0 spiro atoms. The molecule has 1 N–H and O–H groups in total. The van der Waals surface area contributed by atoms with E-state index in [0.29, 0.717) is 5.52 Å². The minimum absolute atomic E-state index is 0.277. The van der Waals surface area contributed by atoms with Gasteiger partial charge in [-0.15, -0.1) is 11.3 Å². The molecule has 0 radical (unpaired) electrons. The Morgan fingerprint density at radius 1 is 1.18 bits per heavy atom. The molecule has 4 aromatic rings. The summed E-state index contributed by atoms with van der Waals surface area (Å²) >= 11 is 1.58. The van der Waals surface area contributed by atoms with Crippen LogP contribution in [0, 0.1) is 6.92 Å². The minimum atomic E-state index is -0.277. The summed E-state index contributed by atoms with van der Waals surface area (Å²) in [5.74, 6) is 0. The number of aromatic amines is 1. The lowest BCUT2D eigenvalue weighted by Gasteiger charge is -2.00. The summed E-state index contributed by atoms with van der Waals surface area (Å²) in [6.45, 7) is 2.03. The van der Waals surface area contributed by atoms with Crippen molar-refractivity contribution in [1.29, 1.82) is 0 Å². The summed E-state index contributed by atoms with van der Waals surface area (Å²) < 4.78 is 1.72. The van der Waals surface area contributed by atoms with Gasteiger partial charge in [0, 0.05) is 6.20 Å². The van der Waals surface area contributed by atoms with Gasteiger partial charge in [-0.25, -0.2) is 9.78 Å². The van der Waals surface area contributed by atoms with Gasteiger partial charge in [0.25, 0.3) is 5.56 Å². The molecule has 0 atom stereocenters. The van der Waals surface area contributed by atoms with E-state index < -0.39 is 0 Å². The highest BCUT2D eigenvalue weighted by Crippen LogP contribution is 2.28. The van der Waals surface area contributed by atoms with E-state index in [-0.39, 0.29) is 5.56 Å². The Morgan fingerprint density at radius 2 is 2.00 bits per heavy atom. The maximum absolute atomic E-state index is 12.0. The molecule has 0 aliphatic carbocycles. The van der Waals surface area contributed by atoms with Gasteiger partial charge in [-0.2, -0.15) is 10.2 Å². The Hall–Kier alpha value is -2.73. The summed E-state index contributed by atoms with van der Waals surface area (Å²) in [6, 6.07) is 11.9. The Balaban J connectivity index is 1.97. The molecular weight excluding hydrogens is 296 g/mol. The van der Waals surface area contributed by atoms with Crippen LogP contribution in [0.4, 0.5) is 0 Å². The number of hydrogen-bond donors (Lipinski definition) is 1. The van der Waals surface area contributed by atoms with Crippen LogP contribution >= 0.6 is 11.3 Å². The van der Waals surface area contributed by atoms with E-state index in [2.05, 4.69) is 15.3 Å². The monoisotopic (exact) mass is 308 g/mol. The number of nitrogens with one attached hydrogen (secondary N) is 1. The zero-order valence-electron chi connectivity index (χ0n) is 11.8. The largest absolute Gasteiger partial charge is 0.292 e. The lowest BCUT2D eigenvalue weighted by atomic mass is 10.2. The van der Waals surface area contributed by atoms with Crippen molar-refractivity contribution in [3.63, 3.8) is 0 Å². The van der Waals surface area contributed by atoms with Gasteiger partial charge in [-0.3, -0.25) is 4.79 Å². The zero-order valence-corrected chi connectivity index (χ0v) is 12.6. The molecule has 0 amide bonds. The molecule has 5 nitrogen and oxygen atoms in total. The van der Waals surface area contributed by atoms with Crippen LogP contribution in [0.15, 0.2) is 52.8 Å². The van der Waals surface area contributed by atoms with Gasteiger partial charge >= 0.3 is 0 Å². The fourth-order valence-corrected chi connectivity index (χ4v) is 3.09. The fraction of sp³-hybridized carbons (Fsp3) is 0.0625. The number of H-pyrrole nitrogens is 1. The standard InChI is InChI=1S/C16H12N4OS/c1-10-4-6-11(7-5-10)20-9-12-14(13-3-2-8-22-13)17-18-16(21)15(12)19-20/h2-9H,1H3,(H,18,21). The predicted octanol–water partition coefficient (Wildman–Crippen LogP) is 3.15. The molecule has 0 saturated carbocycles. The number of thiophene rings is 1. The topological polar surface area (TPSA) is 63.6 Å². The molecule has 0 bridgehead atoms. The normalized spacial score (nSPS) is 11.1. The number of hydrogen-bond acceptors (Lipinski definition) is 4. The Bertz CT molecular complexity index is 997. The van der Waals surface area contributed by atoms with Crippen LogP contribution in [-0.4, -0.2) is 20.0 Å². The second kappa shape index (κ2) is 4.92. The maximum atomic E-state index is 12.0. The van der Waals surface area contributed by atoms with E-state index in [1.807, 2.05) is 54.9 Å². The van der Waals surface area contributed by atoms with Crippen molar-refractivity contribution in [2.75, 3.05) is 0 Å². The quantitative estimate of drug-likeness (QED) is 0.619. The molecule has 108 valence electrons. The van der Waals surface area contributed by atoms with Gasteiger partial charge in [-0.05, 0) is 30.5 Å². The molecule has 0 aliphatic rings. The highest BCUT2D eigenvalue weighted by molar-refractivity contribution is 7.13. The van der Waals surface area contributed by atoms with Gasteiger partial charge in [0.15, 0.2) is 5.52 Å². The van der Waals surface area contributed by atoms with Crippen molar-refractivity contribution in [3.05, 3.63) is 63.9 Å². The van der Waals surface area contributed by atoms with E-state index in [0.717, 1.165) is 21.6 Å². The SMILES string of the molecule is Cc1ccc(-n2cc3c(-c4cccs4)n[nH]c(=O)c3n2)cc1. The fourth-order valence-electron chi connectivity index (χ4n) is 2.37. The van der Waals surface area contributed by atoms with Crippen LogP contribution in [0.2, 0.25) is 0 Å². The first-order chi connectivity index (χ1) is 10.7. The highest BCUT2D eigenvalue weighted by atomic mass is 32.1. The second-order valence-corrected chi connectivity index (χ2v) is 6.00. The van der Waals surface area contributed by atoms with E-state index in [1.165, 1.54) is 5.56 Å². The number of benzene rings is 1. The molecule has 0 aliphatic heterocycles. The van der Waals surface area contributed by atoms with Gasteiger partial charge in [0.2, 0.25) is 0 Å². The second-order valence-electron chi connectivity index (χ2n) is 5.05. The smallest absolute Gasteiger partial charge is 0.265 e. The Labute approximate surface area is 129 Å². The van der Waals surface area contributed by atoms with Gasteiger partial charge < -0.3 is 0 Å².